The smallest absolute Gasteiger partial charge is 0.226 e. The zero-order valence-electron chi connectivity index (χ0n) is 16.4. The van der Waals surface area contributed by atoms with E-state index in [9.17, 15) is 0 Å². The van der Waals surface area contributed by atoms with Gasteiger partial charge in [-0.05, 0) is 63.3 Å². The lowest BCUT2D eigenvalue weighted by Crippen LogP contribution is -2.10. The Morgan fingerprint density at radius 2 is 1.74 bits per heavy atom. The Morgan fingerprint density at radius 1 is 1.04 bits per heavy atom. The molecule has 1 aromatic carbocycles. The van der Waals surface area contributed by atoms with Gasteiger partial charge in [-0.3, -0.25) is 0 Å². The quantitative estimate of drug-likeness (QED) is 0.570. The summed E-state index contributed by atoms with van der Waals surface area (Å²) in [5.74, 6) is 1.78. The molecule has 0 spiro atoms. The first kappa shape index (κ1) is 19.0. The summed E-state index contributed by atoms with van der Waals surface area (Å²) >= 11 is 0. The van der Waals surface area contributed by atoms with Gasteiger partial charge in [-0.15, -0.1) is 0 Å². The molecular formula is C22H26N4O. The molecule has 1 atom stereocenters. The maximum absolute atomic E-state index is 8.13. The fraction of sp³-hybridized carbons (Fsp3) is 0.364. The third kappa shape index (κ3) is 4.48. The van der Waals surface area contributed by atoms with E-state index in [-0.39, 0.29) is 0 Å². The monoisotopic (exact) mass is 362 g/mol. The van der Waals surface area contributed by atoms with Crippen LogP contribution in [0.4, 0.5) is 0 Å². The van der Waals surface area contributed by atoms with Crippen LogP contribution in [0.2, 0.25) is 0 Å². The molecule has 0 aliphatic heterocycles. The number of benzene rings is 1. The average Bonchev–Trinajstić information content (AvgIpc) is 3.07. The van der Waals surface area contributed by atoms with Gasteiger partial charge in [-0.2, -0.15) is 10.2 Å². The Kier molecular flexibility index (Phi) is 5.79. The fourth-order valence-electron chi connectivity index (χ4n) is 2.87. The standard InChI is InChI=1S/C22H26N4O/c1-5-14(2)19(23)11-13-20-16(4)27-22(24-20)18-9-7-17(8-10-18)21-12-6-15(3)25-26-21/h6-10,12,14,23H,5,11,13H2,1-4H3. The van der Waals surface area contributed by atoms with Crippen LogP contribution in [0, 0.1) is 25.2 Å². The molecule has 0 bridgehead atoms. The van der Waals surface area contributed by atoms with Crippen molar-refractivity contribution in [3.8, 4) is 22.7 Å². The van der Waals surface area contributed by atoms with Crippen molar-refractivity contribution < 1.29 is 4.42 Å². The first-order valence-corrected chi connectivity index (χ1v) is 9.42. The Balaban J connectivity index is 1.73. The van der Waals surface area contributed by atoms with Gasteiger partial charge in [0.05, 0.1) is 17.1 Å². The Hall–Kier alpha value is -2.82. The number of hydrogen-bond acceptors (Lipinski definition) is 5. The molecule has 0 saturated carbocycles. The maximum atomic E-state index is 8.13. The molecule has 3 aromatic rings. The number of nitrogens with one attached hydrogen (secondary N) is 1. The van der Waals surface area contributed by atoms with E-state index in [0.29, 0.717) is 11.8 Å². The summed E-state index contributed by atoms with van der Waals surface area (Å²) in [6.07, 6.45) is 2.47. The minimum Gasteiger partial charge on any atom is -0.441 e. The van der Waals surface area contributed by atoms with Gasteiger partial charge in [-0.25, -0.2) is 4.98 Å². The van der Waals surface area contributed by atoms with Crippen LogP contribution in [0.1, 0.15) is 43.8 Å². The summed E-state index contributed by atoms with van der Waals surface area (Å²) in [5, 5.41) is 16.5. The van der Waals surface area contributed by atoms with Gasteiger partial charge < -0.3 is 9.83 Å². The predicted octanol–water partition coefficient (Wildman–Crippen LogP) is 5.41. The minimum absolute atomic E-state index is 0.328. The molecule has 0 aliphatic rings. The number of rotatable bonds is 7. The van der Waals surface area contributed by atoms with Crippen LogP contribution in [0.3, 0.4) is 0 Å². The minimum atomic E-state index is 0.328. The van der Waals surface area contributed by atoms with Crippen molar-refractivity contribution in [3.63, 3.8) is 0 Å². The normalized spacial score (nSPS) is 12.1. The molecular weight excluding hydrogens is 336 g/mol. The van der Waals surface area contributed by atoms with E-state index in [0.717, 1.165) is 58.9 Å². The van der Waals surface area contributed by atoms with E-state index in [4.69, 9.17) is 9.83 Å². The third-order valence-corrected chi connectivity index (χ3v) is 4.96. The molecule has 0 amide bonds. The van der Waals surface area contributed by atoms with Gasteiger partial charge in [-0.1, -0.05) is 26.0 Å². The van der Waals surface area contributed by atoms with Crippen LogP contribution in [0.5, 0.6) is 0 Å². The highest BCUT2D eigenvalue weighted by Gasteiger charge is 2.14. The fourth-order valence-corrected chi connectivity index (χ4v) is 2.87. The van der Waals surface area contributed by atoms with Crippen molar-refractivity contribution in [3.05, 3.63) is 53.5 Å². The lowest BCUT2D eigenvalue weighted by atomic mass is 9.98. The van der Waals surface area contributed by atoms with E-state index in [1.165, 1.54) is 0 Å². The molecule has 0 aliphatic carbocycles. The number of oxazole rings is 1. The first-order valence-electron chi connectivity index (χ1n) is 9.42. The molecule has 0 fully saturated rings. The molecule has 0 radical (unpaired) electrons. The average molecular weight is 362 g/mol. The van der Waals surface area contributed by atoms with Gasteiger partial charge in [0.1, 0.15) is 5.76 Å². The van der Waals surface area contributed by atoms with Crippen molar-refractivity contribution in [2.24, 2.45) is 5.92 Å². The van der Waals surface area contributed by atoms with Crippen molar-refractivity contribution in [2.75, 3.05) is 0 Å². The lowest BCUT2D eigenvalue weighted by molar-refractivity contribution is 0.539. The van der Waals surface area contributed by atoms with Gasteiger partial charge in [0, 0.05) is 16.8 Å². The summed E-state index contributed by atoms with van der Waals surface area (Å²) < 4.78 is 5.87. The summed E-state index contributed by atoms with van der Waals surface area (Å²) in [5.41, 5.74) is 5.41. The second-order valence-electron chi connectivity index (χ2n) is 6.99. The van der Waals surface area contributed by atoms with Gasteiger partial charge in [0.15, 0.2) is 0 Å². The Labute approximate surface area is 160 Å². The van der Waals surface area contributed by atoms with Crippen LogP contribution in [-0.2, 0) is 6.42 Å². The van der Waals surface area contributed by atoms with E-state index < -0.39 is 0 Å². The third-order valence-electron chi connectivity index (χ3n) is 4.96. The van der Waals surface area contributed by atoms with Crippen molar-refractivity contribution in [1.29, 1.82) is 5.41 Å². The van der Waals surface area contributed by atoms with Crippen LogP contribution in [0.25, 0.3) is 22.7 Å². The lowest BCUT2D eigenvalue weighted by Gasteiger charge is -2.09. The molecule has 1 N–H and O–H groups in total. The van der Waals surface area contributed by atoms with Crippen molar-refractivity contribution in [1.82, 2.24) is 15.2 Å². The SMILES string of the molecule is CCC(C)C(=N)CCc1nc(-c2ccc(-c3ccc(C)nn3)cc2)oc1C. The van der Waals surface area contributed by atoms with Gasteiger partial charge in [0.2, 0.25) is 5.89 Å². The van der Waals surface area contributed by atoms with Crippen LogP contribution in [-0.4, -0.2) is 20.9 Å². The molecule has 27 heavy (non-hydrogen) atoms. The second-order valence-corrected chi connectivity index (χ2v) is 6.99. The zero-order valence-corrected chi connectivity index (χ0v) is 16.4. The molecule has 2 aromatic heterocycles. The van der Waals surface area contributed by atoms with Gasteiger partial charge in [0.25, 0.3) is 0 Å². The Morgan fingerprint density at radius 3 is 2.37 bits per heavy atom. The van der Waals surface area contributed by atoms with E-state index in [2.05, 4.69) is 29.0 Å². The van der Waals surface area contributed by atoms with Crippen LogP contribution < -0.4 is 0 Å². The highest BCUT2D eigenvalue weighted by molar-refractivity contribution is 5.83. The molecule has 5 heteroatoms. The summed E-state index contributed by atoms with van der Waals surface area (Å²) in [6, 6.07) is 11.9. The molecule has 3 rings (SSSR count). The molecule has 1 unspecified atom stereocenters. The molecule has 2 heterocycles. The summed E-state index contributed by atoms with van der Waals surface area (Å²) in [6.45, 7) is 8.08. The predicted molar refractivity (Wildman–Crippen MR) is 108 cm³/mol. The van der Waals surface area contributed by atoms with Crippen molar-refractivity contribution in [2.45, 2.75) is 47.0 Å². The van der Waals surface area contributed by atoms with Crippen LogP contribution >= 0.6 is 0 Å². The van der Waals surface area contributed by atoms with E-state index in [1.54, 1.807) is 0 Å². The topological polar surface area (TPSA) is 75.7 Å². The maximum Gasteiger partial charge on any atom is 0.226 e. The zero-order chi connectivity index (χ0) is 19.4. The molecule has 5 nitrogen and oxygen atoms in total. The highest BCUT2D eigenvalue weighted by Crippen LogP contribution is 2.25. The largest absolute Gasteiger partial charge is 0.441 e. The van der Waals surface area contributed by atoms with Crippen LogP contribution in [0.15, 0.2) is 40.8 Å². The first-order chi connectivity index (χ1) is 13.0. The number of nitrogens with zero attached hydrogens (tertiary/aromatic N) is 3. The number of aromatic nitrogens is 3. The highest BCUT2D eigenvalue weighted by atomic mass is 16.4. The van der Waals surface area contributed by atoms with Gasteiger partial charge >= 0.3 is 0 Å². The Bertz CT molecular complexity index is 910. The second kappa shape index (κ2) is 8.25. The van der Waals surface area contributed by atoms with E-state index >= 15 is 0 Å². The summed E-state index contributed by atoms with van der Waals surface area (Å²) in [4.78, 5) is 4.66. The van der Waals surface area contributed by atoms with E-state index in [1.807, 2.05) is 50.2 Å². The summed E-state index contributed by atoms with van der Waals surface area (Å²) in [7, 11) is 0. The molecule has 0 saturated heterocycles. The number of hydrogen-bond donors (Lipinski definition) is 1. The molecule has 140 valence electrons. The van der Waals surface area contributed by atoms with Crippen molar-refractivity contribution >= 4 is 5.71 Å². The number of aryl methyl sites for hydroxylation is 3.